The summed E-state index contributed by atoms with van der Waals surface area (Å²) in [7, 11) is 0. The molecule has 2 rings (SSSR count). The van der Waals surface area contributed by atoms with Gasteiger partial charge < -0.3 is 5.32 Å². The first kappa shape index (κ1) is 14.6. The molecule has 1 aromatic rings. The summed E-state index contributed by atoms with van der Waals surface area (Å²) in [5, 5.41) is 3.81. The smallest absolute Gasteiger partial charge is 0.0348 e. The van der Waals surface area contributed by atoms with Crippen molar-refractivity contribution < 1.29 is 0 Å². The first-order valence-electron chi connectivity index (χ1n) is 8.17. The van der Waals surface area contributed by atoms with Gasteiger partial charge in [-0.2, -0.15) is 0 Å². The van der Waals surface area contributed by atoms with Crippen LogP contribution in [0.2, 0.25) is 0 Å². The Labute approximate surface area is 118 Å². The molecule has 1 atom stereocenters. The maximum Gasteiger partial charge on any atom is 0.0348 e. The molecule has 0 aromatic heterocycles. The fourth-order valence-electron chi connectivity index (χ4n) is 3.33. The molecule has 1 nitrogen and oxygen atoms in total. The molecule has 0 spiro atoms. The van der Waals surface area contributed by atoms with E-state index in [1.807, 2.05) is 0 Å². The molecule has 1 aliphatic rings. The summed E-state index contributed by atoms with van der Waals surface area (Å²) in [5.41, 5.74) is 2.98. The molecule has 1 N–H and O–H groups in total. The average molecular weight is 259 g/mol. The maximum atomic E-state index is 3.81. The SMILES string of the molecule is CCCNC(c1cccc(CC)c1)C1CCCCC1. The zero-order valence-corrected chi connectivity index (χ0v) is 12.6. The average Bonchev–Trinajstić information content (AvgIpc) is 2.49. The first-order valence-corrected chi connectivity index (χ1v) is 8.17. The monoisotopic (exact) mass is 259 g/mol. The van der Waals surface area contributed by atoms with Crippen LogP contribution < -0.4 is 5.32 Å². The molecule has 106 valence electrons. The molecule has 0 bridgehead atoms. The predicted octanol–water partition coefficient (Wildman–Crippen LogP) is 4.87. The van der Waals surface area contributed by atoms with Crippen LogP contribution in [-0.2, 0) is 6.42 Å². The van der Waals surface area contributed by atoms with Crippen LogP contribution in [0.1, 0.15) is 69.5 Å². The summed E-state index contributed by atoms with van der Waals surface area (Å²) in [6, 6.07) is 9.80. The minimum Gasteiger partial charge on any atom is -0.310 e. The van der Waals surface area contributed by atoms with Crippen molar-refractivity contribution in [2.75, 3.05) is 6.54 Å². The quantitative estimate of drug-likeness (QED) is 0.768. The maximum absolute atomic E-state index is 3.81. The van der Waals surface area contributed by atoms with Crippen molar-refractivity contribution in [3.05, 3.63) is 35.4 Å². The van der Waals surface area contributed by atoms with E-state index in [-0.39, 0.29) is 0 Å². The van der Waals surface area contributed by atoms with Crippen molar-refractivity contribution in [3.63, 3.8) is 0 Å². The van der Waals surface area contributed by atoms with Crippen molar-refractivity contribution in [1.29, 1.82) is 0 Å². The fraction of sp³-hybridized carbons (Fsp3) is 0.667. The highest BCUT2D eigenvalue weighted by Gasteiger charge is 2.24. The van der Waals surface area contributed by atoms with Crippen LogP contribution in [-0.4, -0.2) is 6.54 Å². The van der Waals surface area contributed by atoms with Gasteiger partial charge in [0.25, 0.3) is 0 Å². The highest BCUT2D eigenvalue weighted by atomic mass is 14.9. The lowest BCUT2D eigenvalue weighted by atomic mass is 9.80. The van der Waals surface area contributed by atoms with E-state index in [9.17, 15) is 0 Å². The van der Waals surface area contributed by atoms with Gasteiger partial charge in [0.05, 0.1) is 0 Å². The number of aryl methyl sites for hydroxylation is 1. The third-order valence-electron chi connectivity index (χ3n) is 4.45. The van der Waals surface area contributed by atoms with E-state index in [1.165, 1.54) is 49.7 Å². The molecule has 1 fully saturated rings. The van der Waals surface area contributed by atoms with Crippen LogP contribution in [0.4, 0.5) is 0 Å². The third kappa shape index (κ3) is 4.07. The van der Waals surface area contributed by atoms with Crippen LogP contribution in [0.5, 0.6) is 0 Å². The van der Waals surface area contributed by atoms with Gasteiger partial charge in [0.2, 0.25) is 0 Å². The second kappa shape index (κ2) is 7.69. The molecule has 1 aliphatic carbocycles. The van der Waals surface area contributed by atoms with E-state index in [1.54, 1.807) is 0 Å². The molecule has 0 radical (unpaired) electrons. The molecule has 1 unspecified atom stereocenters. The molecule has 0 aliphatic heterocycles. The van der Waals surface area contributed by atoms with Gasteiger partial charge in [-0.3, -0.25) is 0 Å². The summed E-state index contributed by atoms with van der Waals surface area (Å²) in [6.07, 6.45) is 9.43. The molecule has 1 saturated carbocycles. The van der Waals surface area contributed by atoms with Crippen molar-refractivity contribution in [3.8, 4) is 0 Å². The summed E-state index contributed by atoms with van der Waals surface area (Å²) >= 11 is 0. The normalized spacial score (nSPS) is 18.4. The zero-order chi connectivity index (χ0) is 13.5. The minimum absolute atomic E-state index is 0.576. The van der Waals surface area contributed by atoms with E-state index in [4.69, 9.17) is 0 Å². The van der Waals surface area contributed by atoms with E-state index in [0.29, 0.717) is 6.04 Å². The van der Waals surface area contributed by atoms with Gasteiger partial charge >= 0.3 is 0 Å². The van der Waals surface area contributed by atoms with E-state index in [0.717, 1.165) is 18.9 Å². The Morgan fingerprint density at radius 3 is 2.63 bits per heavy atom. The predicted molar refractivity (Wildman–Crippen MR) is 83.4 cm³/mol. The van der Waals surface area contributed by atoms with E-state index < -0.39 is 0 Å². The van der Waals surface area contributed by atoms with Gasteiger partial charge in [-0.1, -0.05) is 57.4 Å². The number of benzene rings is 1. The van der Waals surface area contributed by atoms with Gasteiger partial charge in [-0.15, -0.1) is 0 Å². The second-order valence-electron chi connectivity index (χ2n) is 5.93. The molecular weight excluding hydrogens is 230 g/mol. The third-order valence-corrected chi connectivity index (χ3v) is 4.45. The van der Waals surface area contributed by atoms with Crippen molar-refractivity contribution in [2.24, 2.45) is 5.92 Å². The minimum atomic E-state index is 0.576. The number of hydrogen-bond donors (Lipinski definition) is 1. The number of hydrogen-bond acceptors (Lipinski definition) is 1. The van der Waals surface area contributed by atoms with Crippen LogP contribution in [0.15, 0.2) is 24.3 Å². The summed E-state index contributed by atoms with van der Waals surface area (Å²) in [6.45, 7) is 5.64. The lowest BCUT2D eigenvalue weighted by molar-refractivity contribution is 0.272. The number of rotatable bonds is 6. The van der Waals surface area contributed by atoms with Gasteiger partial charge in [0.15, 0.2) is 0 Å². The lowest BCUT2D eigenvalue weighted by Crippen LogP contribution is -2.30. The highest BCUT2D eigenvalue weighted by molar-refractivity contribution is 5.26. The number of nitrogens with one attached hydrogen (secondary N) is 1. The fourth-order valence-corrected chi connectivity index (χ4v) is 3.33. The molecule has 0 saturated heterocycles. The summed E-state index contributed by atoms with van der Waals surface area (Å²) in [4.78, 5) is 0. The molecule has 1 heteroatoms. The van der Waals surface area contributed by atoms with Gasteiger partial charge in [-0.25, -0.2) is 0 Å². The molecule has 1 aromatic carbocycles. The van der Waals surface area contributed by atoms with Gasteiger partial charge in [-0.05, 0) is 49.3 Å². The topological polar surface area (TPSA) is 12.0 Å². The van der Waals surface area contributed by atoms with Gasteiger partial charge in [0, 0.05) is 6.04 Å². The highest BCUT2D eigenvalue weighted by Crippen LogP contribution is 2.34. The van der Waals surface area contributed by atoms with Crippen LogP contribution in [0, 0.1) is 5.92 Å². The van der Waals surface area contributed by atoms with Crippen LogP contribution >= 0.6 is 0 Å². The van der Waals surface area contributed by atoms with Crippen LogP contribution in [0.3, 0.4) is 0 Å². The van der Waals surface area contributed by atoms with Crippen molar-refractivity contribution in [1.82, 2.24) is 5.32 Å². The lowest BCUT2D eigenvalue weighted by Gasteiger charge is -2.31. The van der Waals surface area contributed by atoms with Crippen molar-refractivity contribution in [2.45, 2.75) is 64.8 Å². The standard InChI is InChI=1S/C18H29N/c1-3-13-19-18(16-10-6-5-7-11-16)17-12-8-9-15(4-2)14-17/h8-9,12,14,16,18-19H,3-7,10-11,13H2,1-2H3. The summed E-state index contributed by atoms with van der Waals surface area (Å²) in [5.74, 6) is 0.840. The zero-order valence-electron chi connectivity index (χ0n) is 12.6. The van der Waals surface area contributed by atoms with E-state index in [2.05, 4.69) is 43.4 Å². The molecular formula is C18H29N. The molecule has 0 amide bonds. The summed E-state index contributed by atoms with van der Waals surface area (Å²) < 4.78 is 0. The van der Waals surface area contributed by atoms with E-state index >= 15 is 0 Å². The molecule has 19 heavy (non-hydrogen) atoms. The first-order chi connectivity index (χ1) is 9.35. The Bertz CT molecular complexity index is 366. The Balaban J connectivity index is 2.14. The Morgan fingerprint density at radius 2 is 1.95 bits per heavy atom. The molecule has 0 heterocycles. The Morgan fingerprint density at radius 1 is 1.16 bits per heavy atom. The largest absolute Gasteiger partial charge is 0.310 e. The Kier molecular flexibility index (Phi) is 5.91. The second-order valence-corrected chi connectivity index (χ2v) is 5.93. The Hall–Kier alpha value is -0.820. The van der Waals surface area contributed by atoms with Gasteiger partial charge in [0.1, 0.15) is 0 Å². The van der Waals surface area contributed by atoms with Crippen LogP contribution in [0.25, 0.3) is 0 Å². The van der Waals surface area contributed by atoms with Crippen molar-refractivity contribution >= 4 is 0 Å².